The Bertz CT molecular complexity index is 889. The second kappa shape index (κ2) is 7.82. The third kappa shape index (κ3) is 3.66. The van der Waals surface area contributed by atoms with Gasteiger partial charge in [-0.25, -0.2) is 0 Å². The van der Waals surface area contributed by atoms with E-state index >= 15 is 0 Å². The summed E-state index contributed by atoms with van der Waals surface area (Å²) in [6.07, 6.45) is 0.518. The largest absolute Gasteiger partial charge is 0.497 e. The normalized spacial score (nSPS) is 24.2. The van der Waals surface area contributed by atoms with Gasteiger partial charge in [0.15, 0.2) is 0 Å². The monoisotopic (exact) mass is 396 g/mol. The van der Waals surface area contributed by atoms with Gasteiger partial charge in [-0.15, -0.1) is 0 Å². The molecule has 2 aliphatic heterocycles. The first-order chi connectivity index (χ1) is 13.9. The topological polar surface area (TPSA) is 50.6 Å². The molecule has 3 heterocycles. The van der Waals surface area contributed by atoms with E-state index in [0.29, 0.717) is 30.8 Å². The number of carbonyl (C=O) groups excluding carboxylic acids is 1. The van der Waals surface area contributed by atoms with Crippen LogP contribution in [-0.2, 0) is 11.3 Å². The predicted molar refractivity (Wildman–Crippen MR) is 113 cm³/mol. The van der Waals surface area contributed by atoms with E-state index in [1.165, 1.54) is 11.1 Å². The second-order valence-electron chi connectivity index (χ2n) is 8.65. The average molecular weight is 397 g/mol. The lowest BCUT2D eigenvalue weighted by Gasteiger charge is -2.27. The van der Waals surface area contributed by atoms with Gasteiger partial charge in [-0.1, -0.05) is 12.1 Å². The number of benzene rings is 1. The zero-order valence-electron chi connectivity index (χ0n) is 18.2. The highest BCUT2D eigenvalue weighted by Gasteiger charge is 2.47. The van der Waals surface area contributed by atoms with Crippen molar-refractivity contribution in [2.75, 3.05) is 33.8 Å². The summed E-state index contributed by atoms with van der Waals surface area (Å²) in [6, 6.07) is 8.76. The quantitative estimate of drug-likeness (QED) is 0.780. The Labute approximate surface area is 173 Å². The van der Waals surface area contributed by atoms with Gasteiger partial charge in [0.05, 0.1) is 12.8 Å². The number of rotatable bonds is 5. The molecular weight excluding hydrogens is 364 g/mol. The van der Waals surface area contributed by atoms with E-state index in [-0.39, 0.29) is 5.91 Å². The molecule has 6 heteroatoms. The molecule has 1 aromatic heterocycles. The standard InChI is InChI=1S/C23H32N4O2/c1-15-16(2)24-27(17(15)3)11-10-22(28)26-13-19-12-25(4)23(21(19)14-26)18-6-8-20(29-5)9-7-18/h6-9,19,21,23H,10-14H2,1-5H3/t19-,21+,23-/m0/s1. The van der Waals surface area contributed by atoms with Crippen LogP contribution in [0, 0.1) is 32.6 Å². The van der Waals surface area contributed by atoms with Gasteiger partial charge in [0.2, 0.25) is 5.91 Å². The molecule has 2 aliphatic rings. The maximum absolute atomic E-state index is 12.9. The molecule has 2 saturated heterocycles. The summed E-state index contributed by atoms with van der Waals surface area (Å²) in [5, 5.41) is 4.57. The molecular formula is C23H32N4O2. The highest BCUT2D eigenvalue weighted by molar-refractivity contribution is 5.76. The lowest BCUT2D eigenvalue weighted by molar-refractivity contribution is -0.130. The summed E-state index contributed by atoms with van der Waals surface area (Å²) in [4.78, 5) is 17.4. The Hall–Kier alpha value is -2.34. The highest BCUT2D eigenvalue weighted by atomic mass is 16.5. The molecule has 0 radical (unpaired) electrons. The summed E-state index contributed by atoms with van der Waals surface area (Å²) >= 11 is 0. The molecule has 0 aliphatic carbocycles. The summed E-state index contributed by atoms with van der Waals surface area (Å²) in [7, 11) is 3.89. The van der Waals surface area contributed by atoms with E-state index in [1.807, 2.05) is 23.7 Å². The molecule has 0 bridgehead atoms. The fourth-order valence-corrected chi connectivity index (χ4v) is 5.13. The van der Waals surface area contributed by atoms with Crippen molar-refractivity contribution < 1.29 is 9.53 Å². The number of fused-ring (bicyclic) bond motifs is 1. The lowest BCUT2D eigenvalue weighted by Crippen LogP contribution is -2.34. The Morgan fingerprint density at radius 3 is 2.48 bits per heavy atom. The van der Waals surface area contributed by atoms with Crippen LogP contribution in [0.2, 0.25) is 0 Å². The third-order valence-electron chi connectivity index (χ3n) is 6.99. The van der Waals surface area contributed by atoms with E-state index in [0.717, 1.165) is 36.8 Å². The van der Waals surface area contributed by atoms with Gasteiger partial charge < -0.3 is 9.64 Å². The Balaban J connectivity index is 1.40. The molecule has 0 spiro atoms. The molecule has 0 saturated carbocycles. The van der Waals surface area contributed by atoms with E-state index in [2.05, 4.69) is 47.9 Å². The molecule has 0 N–H and O–H groups in total. The number of methoxy groups -OCH3 is 1. The second-order valence-corrected chi connectivity index (χ2v) is 8.65. The van der Waals surface area contributed by atoms with Gasteiger partial charge in [-0.05, 0) is 57.0 Å². The number of aryl methyl sites for hydroxylation is 2. The van der Waals surface area contributed by atoms with Crippen LogP contribution in [0.3, 0.4) is 0 Å². The Kier molecular flexibility index (Phi) is 5.38. The van der Waals surface area contributed by atoms with Crippen LogP contribution in [0.25, 0.3) is 0 Å². The number of aromatic nitrogens is 2. The van der Waals surface area contributed by atoms with Gasteiger partial charge in [-0.2, -0.15) is 5.10 Å². The summed E-state index contributed by atoms with van der Waals surface area (Å²) in [5.74, 6) is 2.18. The van der Waals surface area contributed by atoms with Crippen LogP contribution in [0.4, 0.5) is 0 Å². The number of ether oxygens (including phenoxy) is 1. The van der Waals surface area contributed by atoms with Crippen LogP contribution in [0.1, 0.15) is 35.0 Å². The van der Waals surface area contributed by atoms with Crippen molar-refractivity contribution in [3.8, 4) is 5.75 Å². The fraction of sp³-hybridized carbons (Fsp3) is 0.565. The zero-order chi connectivity index (χ0) is 20.7. The predicted octanol–water partition coefficient (Wildman–Crippen LogP) is 2.97. The minimum Gasteiger partial charge on any atom is -0.497 e. The maximum Gasteiger partial charge on any atom is 0.224 e. The molecule has 156 valence electrons. The van der Waals surface area contributed by atoms with Gasteiger partial charge in [-0.3, -0.25) is 14.4 Å². The smallest absolute Gasteiger partial charge is 0.224 e. The van der Waals surface area contributed by atoms with Gasteiger partial charge >= 0.3 is 0 Å². The van der Waals surface area contributed by atoms with Crippen molar-refractivity contribution in [3.63, 3.8) is 0 Å². The van der Waals surface area contributed by atoms with E-state index < -0.39 is 0 Å². The molecule has 29 heavy (non-hydrogen) atoms. The fourth-order valence-electron chi connectivity index (χ4n) is 5.13. The van der Waals surface area contributed by atoms with Gasteiger partial charge in [0, 0.05) is 50.3 Å². The first kappa shape index (κ1) is 20.0. The van der Waals surface area contributed by atoms with E-state index in [4.69, 9.17) is 4.74 Å². The molecule has 2 fully saturated rings. The minimum absolute atomic E-state index is 0.251. The van der Waals surface area contributed by atoms with Crippen LogP contribution in [0.15, 0.2) is 24.3 Å². The molecule has 1 aromatic carbocycles. The Morgan fingerprint density at radius 2 is 1.86 bits per heavy atom. The average Bonchev–Trinajstić information content (AvgIpc) is 3.33. The number of amides is 1. The van der Waals surface area contributed by atoms with Crippen molar-refractivity contribution in [3.05, 3.63) is 46.8 Å². The summed E-state index contributed by atoms with van der Waals surface area (Å²) in [5.41, 5.74) is 4.75. The first-order valence-electron chi connectivity index (χ1n) is 10.5. The molecule has 4 rings (SSSR count). The summed E-state index contributed by atoms with van der Waals surface area (Å²) in [6.45, 7) is 9.62. The van der Waals surface area contributed by atoms with E-state index in [1.54, 1.807) is 7.11 Å². The van der Waals surface area contributed by atoms with Crippen molar-refractivity contribution in [1.29, 1.82) is 0 Å². The van der Waals surface area contributed by atoms with Crippen molar-refractivity contribution >= 4 is 5.91 Å². The van der Waals surface area contributed by atoms with E-state index in [9.17, 15) is 4.79 Å². The minimum atomic E-state index is 0.251. The Morgan fingerprint density at radius 1 is 1.14 bits per heavy atom. The SMILES string of the molecule is COc1ccc([C@H]2[C@@H]3CN(C(=O)CCn4nc(C)c(C)c4C)C[C@@H]3CN2C)cc1. The number of nitrogens with zero attached hydrogens (tertiary/aromatic N) is 4. The van der Waals surface area contributed by atoms with Crippen LogP contribution < -0.4 is 4.74 Å². The van der Waals surface area contributed by atoms with Crippen molar-refractivity contribution in [2.24, 2.45) is 11.8 Å². The number of hydrogen-bond donors (Lipinski definition) is 0. The van der Waals surface area contributed by atoms with Crippen molar-refractivity contribution in [2.45, 2.75) is 39.8 Å². The highest BCUT2D eigenvalue weighted by Crippen LogP contribution is 2.44. The maximum atomic E-state index is 12.9. The number of hydrogen-bond acceptors (Lipinski definition) is 4. The number of carbonyl (C=O) groups is 1. The summed E-state index contributed by atoms with van der Waals surface area (Å²) < 4.78 is 7.28. The number of likely N-dealkylation sites (tertiary alicyclic amines) is 2. The van der Waals surface area contributed by atoms with Crippen LogP contribution in [-0.4, -0.2) is 59.3 Å². The lowest BCUT2D eigenvalue weighted by atomic mass is 9.89. The van der Waals surface area contributed by atoms with Crippen LogP contribution in [0.5, 0.6) is 5.75 Å². The molecule has 1 amide bonds. The van der Waals surface area contributed by atoms with Gasteiger partial charge in [0.1, 0.15) is 5.75 Å². The molecule has 3 atom stereocenters. The molecule has 6 nitrogen and oxygen atoms in total. The molecule has 2 aromatic rings. The molecule has 0 unspecified atom stereocenters. The third-order valence-corrected chi connectivity index (χ3v) is 6.99. The van der Waals surface area contributed by atoms with Crippen molar-refractivity contribution in [1.82, 2.24) is 19.6 Å². The van der Waals surface area contributed by atoms with Gasteiger partial charge in [0.25, 0.3) is 0 Å². The zero-order valence-corrected chi connectivity index (χ0v) is 18.2. The van der Waals surface area contributed by atoms with Crippen LogP contribution >= 0.6 is 0 Å². The first-order valence-corrected chi connectivity index (χ1v) is 10.5.